The van der Waals surface area contributed by atoms with Crippen molar-refractivity contribution in [2.75, 3.05) is 5.32 Å². The number of amides is 1. The summed E-state index contributed by atoms with van der Waals surface area (Å²) in [5, 5.41) is 20.8. The number of aromatic nitrogens is 4. The van der Waals surface area contributed by atoms with Crippen molar-refractivity contribution in [3.63, 3.8) is 0 Å². The number of rotatable bonds is 5. The minimum Gasteiger partial charge on any atom is -0.324 e. The van der Waals surface area contributed by atoms with Crippen LogP contribution in [-0.4, -0.2) is 35.7 Å². The van der Waals surface area contributed by atoms with E-state index in [2.05, 4.69) is 20.5 Å². The fourth-order valence-electron chi connectivity index (χ4n) is 2.69. The number of H-pyrrole nitrogens is 1. The number of carbonyl (C=O) groups excluding carboxylic acids is 1. The van der Waals surface area contributed by atoms with Crippen molar-refractivity contribution in [3.05, 3.63) is 57.6 Å². The highest BCUT2D eigenvalue weighted by Gasteiger charge is 2.21. The molecule has 2 aromatic carbocycles. The smallest absolute Gasteiger partial charge is 0.271 e. The lowest BCUT2D eigenvalue weighted by molar-refractivity contribution is -0.384. The van der Waals surface area contributed by atoms with E-state index in [1.165, 1.54) is 30.0 Å². The number of aromatic amines is 1. The van der Waals surface area contributed by atoms with E-state index in [1.807, 2.05) is 28.7 Å². The van der Waals surface area contributed by atoms with Crippen molar-refractivity contribution < 1.29 is 9.72 Å². The van der Waals surface area contributed by atoms with Crippen molar-refractivity contribution in [3.8, 4) is 0 Å². The van der Waals surface area contributed by atoms with E-state index in [-0.39, 0.29) is 16.6 Å². The summed E-state index contributed by atoms with van der Waals surface area (Å²) in [6, 6.07) is 11.5. The Hall–Kier alpha value is -3.11. The molecule has 142 valence electrons. The van der Waals surface area contributed by atoms with Gasteiger partial charge >= 0.3 is 0 Å². The number of non-ortho nitro benzene ring substituents is 1. The Labute approximate surface area is 167 Å². The largest absolute Gasteiger partial charge is 0.324 e. The molecular weight excluding hydrogens is 404 g/mol. The highest BCUT2D eigenvalue weighted by Crippen LogP contribution is 2.29. The standard InChI is InChI=1S/C17H13ClN6O3S/c1-9(15(25)19-12-7-6-10(24(26)27)8-11(12)18)28-17-22-21-16-20-13-4-2-3-5-14(13)23(16)17/h2-9H,1H3,(H,19,25)(H,20,21). The van der Waals surface area contributed by atoms with Crippen LogP contribution in [0.1, 0.15) is 6.92 Å². The molecule has 0 spiro atoms. The highest BCUT2D eigenvalue weighted by molar-refractivity contribution is 8.00. The molecule has 0 bridgehead atoms. The fraction of sp³-hybridized carbons (Fsp3) is 0.118. The van der Waals surface area contributed by atoms with Gasteiger partial charge in [-0.3, -0.25) is 19.3 Å². The molecule has 0 aliphatic carbocycles. The zero-order valence-electron chi connectivity index (χ0n) is 14.4. The summed E-state index contributed by atoms with van der Waals surface area (Å²) in [5.74, 6) is 0.288. The summed E-state index contributed by atoms with van der Waals surface area (Å²) in [7, 11) is 0. The Morgan fingerprint density at radius 1 is 1.36 bits per heavy atom. The van der Waals surface area contributed by atoms with Gasteiger partial charge in [-0.1, -0.05) is 35.5 Å². The Bertz CT molecular complexity index is 1220. The molecule has 1 atom stereocenters. The molecule has 9 nitrogen and oxygen atoms in total. The van der Waals surface area contributed by atoms with E-state index >= 15 is 0 Å². The lowest BCUT2D eigenvalue weighted by Crippen LogP contribution is -2.22. The van der Waals surface area contributed by atoms with E-state index in [4.69, 9.17) is 11.6 Å². The van der Waals surface area contributed by atoms with Crippen molar-refractivity contribution in [2.24, 2.45) is 0 Å². The number of thioether (sulfide) groups is 1. The van der Waals surface area contributed by atoms with Crippen LogP contribution < -0.4 is 5.32 Å². The first-order chi connectivity index (χ1) is 13.4. The van der Waals surface area contributed by atoms with E-state index in [0.29, 0.717) is 16.6 Å². The summed E-state index contributed by atoms with van der Waals surface area (Å²) in [6.07, 6.45) is 0. The third-order valence-corrected chi connectivity index (χ3v) is 5.44. The minimum atomic E-state index is -0.547. The maximum Gasteiger partial charge on any atom is 0.271 e. The molecule has 0 radical (unpaired) electrons. The Balaban J connectivity index is 1.54. The average Bonchev–Trinajstić information content (AvgIpc) is 3.22. The van der Waals surface area contributed by atoms with Gasteiger partial charge in [-0.05, 0) is 25.1 Å². The Morgan fingerprint density at radius 2 is 2.14 bits per heavy atom. The molecule has 28 heavy (non-hydrogen) atoms. The number of carbonyl (C=O) groups is 1. The number of imidazole rings is 1. The minimum absolute atomic E-state index is 0.0995. The molecule has 0 fully saturated rings. The number of benzene rings is 2. The second-order valence-electron chi connectivity index (χ2n) is 5.94. The summed E-state index contributed by atoms with van der Waals surface area (Å²) in [6.45, 7) is 1.74. The number of nitrogens with zero attached hydrogens (tertiary/aromatic N) is 4. The summed E-state index contributed by atoms with van der Waals surface area (Å²) < 4.78 is 1.85. The van der Waals surface area contributed by atoms with E-state index in [1.54, 1.807) is 6.92 Å². The molecule has 11 heteroatoms. The number of hydrogen-bond acceptors (Lipinski definition) is 6. The molecule has 4 aromatic rings. The molecule has 1 unspecified atom stereocenters. The van der Waals surface area contributed by atoms with Crippen LogP contribution in [0.25, 0.3) is 16.8 Å². The first kappa shape index (κ1) is 18.3. The van der Waals surface area contributed by atoms with Crippen molar-refractivity contribution in [2.45, 2.75) is 17.3 Å². The summed E-state index contributed by atoms with van der Waals surface area (Å²) >= 11 is 7.30. The van der Waals surface area contributed by atoms with E-state index in [9.17, 15) is 14.9 Å². The number of anilines is 1. The zero-order valence-corrected chi connectivity index (χ0v) is 16.0. The van der Waals surface area contributed by atoms with Crippen molar-refractivity contribution in [1.82, 2.24) is 19.6 Å². The third kappa shape index (κ3) is 3.27. The van der Waals surface area contributed by atoms with Crippen LogP contribution in [0.4, 0.5) is 11.4 Å². The van der Waals surface area contributed by atoms with Gasteiger partial charge in [-0.15, -0.1) is 5.10 Å². The predicted molar refractivity (Wildman–Crippen MR) is 107 cm³/mol. The van der Waals surface area contributed by atoms with Crippen LogP contribution >= 0.6 is 23.4 Å². The molecule has 2 N–H and O–H groups in total. The van der Waals surface area contributed by atoms with Crippen molar-refractivity contribution >= 4 is 57.5 Å². The molecule has 2 heterocycles. The monoisotopic (exact) mass is 416 g/mol. The van der Waals surface area contributed by atoms with Crippen LogP contribution in [0, 0.1) is 10.1 Å². The third-order valence-electron chi connectivity index (χ3n) is 4.08. The van der Waals surface area contributed by atoms with E-state index in [0.717, 1.165) is 11.0 Å². The van der Waals surface area contributed by atoms with Gasteiger partial charge in [0.1, 0.15) is 0 Å². The topological polar surface area (TPSA) is 118 Å². The number of fused-ring (bicyclic) bond motifs is 3. The first-order valence-electron chi connectivity index (χ1n) is 8.17. The molecule has 0 aliphatic rings. The number of nitro groups is 1. The number of halogens is 1. The van der Waals surface area contributed by atoms with Gasteiger partial charge in [0.15, 0.2) is 5.16 Å². The number of nitro benzene ring substituents is 1. The van der Waals surface area contributed by atoms with Gasteiger partial charge in [-0.25, -0.2) is 10.1 Å². The molecule has 4 rings (SSSR count). The molecule has 0 saturated carbocycles. The van der Waals surface area contributed by atoms with Gasteiger partial charge in [-0.2, -0.15) is 0 Å². The summed E-state index contributed by atoms with van der Waals surface area (Å²) in [4.78, 5) is 27.3. The van der Waals surface area contributed by atoms with E-state index < -0.39 is 10.2 Å². The SMILES string of the molecule is CC(Sc1n[nH]c2nc3ccccc3n12)C(=O)Nc1ccc([N+](=O)[O-])cc1Cl. The molecule has 0 saturated heterocycles. The fourth-order valence-corrected chi connectivity index (χ4v) is 3.78. The predicted octanol–water partition coefficient (Wildman–Crippen LogP) is 3.89. The van der Waals surface area contributed by atoms with Crippen LogP contribution in [-0.2, 0) is 4.79 Å². The summed E-state index contributed by atoms with van der Waals surface area (Å²) in [5.41, 5.74) is 1.88. The van der Waals surface area contributed by atoms with Crippen molar-refractivity contribution in [1.29, 1.82) is 0 Å². The average molecular weight is 417 g/mol. The normalized spacial score (nSPS) is 12.4. The number of hydrogen-bond donors (Lipinski definition) is 2. The van der Waals surface area contributed by atoms with Crippen LogP contribution in [0.3, 0.4) is 0 Å². The lowest BCUT2D eigenvalue weighted by Gasteiger charge is -2.12. The van der Waals surface area contributed by atoms with Crippen LogP contribution in [0.5, 0.6) is 0 Å². The highest BCUT2D eigenvalue weighted by atomic mass is 35.5. The number of nitrogens with one attached hydrogen (secondary N) is 2. The maximum absolute atomic E-state index is 12.6. The van der Waals surface area contributed by atoms with Crippen LogP contribution in [0.2, 0.25) is 5.02 Å². The molecule has 1 amide bonds. The molecule has 2 aromatic heterocycles. The van der Waals surface area contributed by atoms with Gasteiger partial charge in [0, 0.05) is 12.1 Å². The van der Waals surface area contributed by atoms with Gasteiger partial charge in [0.2, 0.25) is 11.7 Å². The van der Waals surface area contributed by atoms with Gasteiger partial charge in [0.25, 0.3) is 5.69 Å². The van der Waals surface area contributed by atoms with Gasteiger partial charge in [0.05, 0.1) is 31.9 Å². The molecular formula is C17H13ClN6O3S. The number of para-hydroxylation sites is 2. The zero-order chi connectivity index (χ0) is 19.8. The maximum atomic E-state index is 12.6. The second-order valence-corrected chi connectivity index (χ2v) is 7.65. The Kier molecular flexibility index (Phi) is 4.65. The van der Waals surface area contributed by atoms with Gasteiger partial charge < -0.3 is 5.32 Å². The Morgan fingerprint density at radius 3 is 2.89 bits per heavy atom. The second kappa shape index (κ2) is 7.13. The molecule has 0 aliphatic heterocycles. The van der Waals surface area contributed by atoms with Crippen LogP contribution in [0.15, 0.2) is 47.6 Å². The first-order valence-corrected chi connectivity index (χ1v) is 9.43. The quantitative estimate of drug-likeness (QED) is 0.289. The lowest BCUT2D eigenvalue weighted by atomic mass is 10.2.